The number of amides is 3. The van der Waals surface area contributed by atoms with Crippen molar-refractivity contribution in [1.82, 2.24) is 15.5 Å². The van der Waals surface area contributed by atoms with E-state index in [9.17, 15) is 14.4 Å². The summed E-state index contributed by atoms with van der Waals surface area (Å²) >= 11 is 0. The number of likely N-dealkylation sites (tertiary alicyclic amines) is 1. The van der Waals surface area contributed by atoms with Gasteiger partial charge < -0.3 is 20.3 Å². The van der Waals surface area contributed by atoms with Gasteiger partial charge in [0.25, 0.3) is 0 Å². The Morgan fingerprint density at radius 3 is 2.59 bits per heavy atom. The van der Waals surface area contributed by atoms with Crippen LogP contribution in [-0.2, 0) is 19.1 Å². The predicted octanol–water partition coefficient (Wildman–Crippen LogP) is -0.488. The number of hydrogen-bond acceptors (Lipinski definition) is 4. The Labute approximate surface area is 130 Å². The van der Waals surface area contributed by atoms with Crippen molar-refractivity contribution in [3.05, 3.63) is 0 Å². The molecule has 2 rings (SSSR count). The molecule has 0 aliphatic carbocycles. The number of carbonyl (C=O) groups excluding carboxylic acids is 3. The molecule has 124 valence electrons. The van der Waals surface area contributed by atoms with E-state index in [0.29, 0.717) is 32.7 Å². The summed E-state index contributed by atoms with van der Waals surface area (Å²) in [5, 5.41) is 5.40. The van der Waals surface area contributed by atoms with Gasteiger partial charge in [0.05, 0.1) is 12.0 Å². The lowest BCUT2D eigenvalue weighted by molar-refractivity contribution is -0.141. The van der Waals surface area contributed by atoms with E-state index in [2.05, 4.69) is 10.6 Å². The average Bonchev–Trinajstić information content (AvgIpc) is 2.84. The maximum atomic E-state index is 12.7. The predicted molar refractivity (Wildman–Crippen MR) is 79.9 cm³/mol. The monoisotopic (exact) mass is 311 g/mol. The van der Waals surface area contributed by atoms with E-state index in [1.807, 2.05) is 0 Å². The second-order valence-corrected chi connectivity index (χ2v) is 6.75. The third kappa shape index (κ3) is 2.82. The molecule has 0 aromatic heterocycles. The number of hydrogen-bond donors (Lipinski definition) is 2. The van der Waals surface area contributed by atoms with Gasteiger partial charge in [-0.3, -0.25) is 14.4 Å². The molecule has 0 bridgehead atoms. The molecule has 2 aliphatic heterocycles. The first-order chi connectivity index (χ1) is 10.2. The lowest BCUT2D eigenvalue weighted by atomic mass is 9.73. The molecular formula is C15H25N3O4. The SMILES string of the molecule is CNC(=O)[C@]12CCOC[C@H]1CN(C(=O)C(C)(C)NC(C)=O)C2. The average molecular weight is 311 g/mol. The molecule has 0 spiro atoms. The van der Waals surface area contributed by atoms with Gasteiger partial charge in [-0.05, 0) is 20.3 Å². The van der Waals surface area contributed by atoms with Crippen molar-refractivity contribution in [2.24, 2.45) is 11.3 Å². The molecule has 0 radical (unpaired) electrons. The third-order valence-electron chi connectivity index (χ3n) is 4.70. The zero-order valence-corrected chi connectivity index (χ0v) is 13.7. The smallest absolute Gasteiger partial charge is 0.247 e. The Balaban J connectivity index is 2.20. The highest BCUT2D eigenvalue weighted by molar-refractivity contribution is 5.92. The highest BCUT2D eigenvalue weighted by atomic mass is 16.5. The summed E-state index contributed by atoms with van der Waals surface area (Å²) in [4.78, 5) is 38.1. The van der Waals surface area contributed by atoms with Gasteiger partial charge in [-0.2, -0.15) is 0 Å². The second-order valence-electron chi connectivity index (χ2n) is 6.75. The molecule has 3 amide bonds. The first-order valence-corrected chi connectivity index (χ1v) is 7.61. The molecular weight excluding hydrogens is 286 g/mol. The van der Waals surface area contributed by atoms with Gasteiger partial charge in [0, 0.05) is 39.6 Å². The van der Waals surface area contributed by atoms with E-state index >= 15 is 0 Å². The first kappa shape index (κ1) is 16.7. The number of fused-ring (bicyclic) bond motifs is 1. The number of nitrogens with zero attached hydrogens (tertiary/aromatic N) is 1. The van der Waals surface area contributed by atoms with Crippen LogP contribution in [0.2, 0.25) is 0 Å². The zero-order valence-electron chi connectivity index (χ0n) is 13.7. The lowest BCUT2D eigenvalue weighted by Gasteiger charge is -2.36. The van der Waals surface area contributed by atoms with Gasteiger partial charge in [0.1, 0.15) is 5.54 Å². The highest BCUT2D eigenvalue weighted by Gasteiger charge is 2.55. The van der Waals surface area contributed by atoms with Gasteiger partial charge in [0.2, 0.25) is 17.7 Å². The Kier molecular flexibility index (Phi) is 4.47. The molecule has 7 heteroatoms. The molecule has 0 saturated carbocycles. The van der Waals surface area contributed by atoms with Crippen LogP contribution in [0.1, 0.15) is 27.2 Å². The van der Waals surface area contributed by atoms with Crippen LogP contribution in [0.3, 0.4) is 0 Å². The Bertz CT molecular complexity index is 491. The second kappa shape index (κ2) is 5.87. The summed E-state index contributed by atoms with van der Waals surface area (Å²) in [5.74, 6) is -0.452. The quantitative estimate of drug-likeness (QED) is 0.736. The van der Waals surface area contributed by atoms with E-state index in [1.54, 1.807) is 25.8 Å². The maximum Gasteiger partial charge on any atom is 0.247 e. The minimum atomic E-state index is -0.982. The van der Waals surface area contributed by atoms with Crippen molar-refractivity contribution in [3.63, 3.8) is 0 Å². The molecule has 7 nitrogen and oxygen atoms in total. The van der Waals surface area contributed by atoms with Crippen molar-refractivity contribution in [3.8, 4) is 0 Å². The maximum absolute atomic E-state index is 12.7. The number of rotatable bonds is 3. The van der Waals surface area contributed by atoms with Crippen LogP contribution in [-0.4, -0.2) is 61.5 Å². The van der Waals surface area contributed by atoms with Crippen LogP contribution >= 0.6 is 0 Å². The van der Waals surface area contributed by atoms with Crippen LogP contribution in [0.15, 0.2) is 0 Å². The molecule has 2 fully saturated rings. The fourth-order valence-corrected chi connectivity index (χ4v) is 3.61. The van der Waals surface area contributed by atoms with Crippen molar-refractivity contribution >= 4 is 17.7 Å². The summed E-state index contributed by atoms with van der Waals surface area (Å²) in [6, 6.07) is 0. The Morgan fingerprint density at radius 1 is 1.32 bits per heavy atom. The third-order valence-corrected chi connectivity index (χ3v) is 4.70. The molecule has 0 aromatic carbocycles. The summed E-state index contributed by atoms with van der Waals surface area (Å²) in [5.41, 5.74) is -1.56. The van der Waals surface area contributed by atoms with Crippen molar-refractivity contribution in [2.75, 3.05) is 33.4 Å². The van der Waals surface area contributed by atoms with E-state index in [4.69, 9.17) is 4.74 Å². The molecule has 22 heavy (non-hydrogen) atoms. The summed E-state index contributed by atoms with van der Waals surface area (Å²) in [6.07, 6.45) is 0.613. The van der Waals surface area contributed by atoms with Crippen molar-refractivity contribution in [1.29, 1.82) is 0 Å². The summed E-state index contributed by atoms with van der Waals surface area (Å²) in [6.45, 7) is 6.62. The largest absolute Gasteiger partial charge is 0.381 e. The minimum absolute atomic E-state index is 0.00159. The van der Waals surface area contributed by atoms with Crippen LogP contribution in [0.25, 0.3) is 0 Å². The van der Waals surface area contributed by atoms with Crippen LogP contribution < -0.4 is 10.6 Å². The van der Waals surface area contributed by atoms with Crippen LogP contribution in [0.4, 0.5) is 0 Å². The molecule has 2 aliphatic rings. The number of carbonyl (C=O) groups is 3. The summed E-state index contributed by atoms with van der Waals surface area (Å²) in [7, 11) is 1.62. The van der Waals surface area contributed by atoms with E-state index in [0.717, 1.165) is 0 Å². The fraction of sp³-hybridized carbons (Fsp3) is 0.800. The van der Waals surface area contributed by atoms with Gasteiger partial charge in [-0.1, -0.05) is 0 Å². The lowest BCUT2D eigenvalue weighted by Crippen LogP contribution is -2.55. The van der Waals surface area contributed by atoms with E-state index in [1.165, 1.54) is 6.92 Å². The Morgan fingerprint density at radius 2 is 2.00 bits per heavy atom. The van der Waals surface area contributed by atoms with Crippen molar-refractivity contribution in [2.45, 2.75) is 32.7 Å². The topological polar surface area (TPSA) is 87.7 Å². The van der Waals surface area contributed by atoms with Crippen LogP contribution in [0, 0.1) is 11.3 Å². The molecule has 2 atom stereocenters. The minimum Gasteiger partial charge on any atom is -0.381 e. The highest BCUT2D eigenvalue weighted by Crippen LogP contribution is 2.42. The molecule has 2 N–H and O–H groups in total. The molecule has 2 heterocycles. The van der Waals surface area contributed by atoms with Crippen LogP contribution in [0.5, 0.6) is 0 Å². The first-order valence-electron chi connectivity index (χ1n) is 7.61. The Hall–Kier alpha value is -1.63. The van der Waals surface area contributed by atoms with Gasteiger partial charge in [-0.25, -0.2) is 0 Å². The van der Waals surface area contributed by atoms with Crippen molar-refractivity contribution < 1.29 is 19.1 Å². The molecule has 0 aromatic rings. The summed E-state index contributed by atoms with van der Waals surface area (Å²) < 4.78 is 5.49. The van der Waals surface area contributed by atoms with E-state index in [-0.39, 0.29) is 23.6 Å². The normalized spacial score (nSPS) is 28.0. The van der Waals surface area contributed by atoms with Gasteiger partial charge in [-0.15, -0.1) is 0 Å². The number of ether oxygens (including phenoxy) is 1. The van der Waals surface area contributed by atoms with E-state index < -0.39 is 11.0 Å². The standard InChI is InChI=1S/C15H25N3O4/c1-10(19)17-14(2,3)13(21)18-7-11-8-22-6-5-15(11,9-18)12(20)16-4/h11H,5-9H2,1-4H3,(H,16,20)(H,17,19)/t11-,15+/m1/s1. The fourth-order valence-electron chi connectivity index (χ4n) is 3.61. The molecule has 0 unspecified atom stereocenters. The molecule has 2 saturated heterocycles. The number of nitrogens with one attached hydrogen (secondary N) is 2. The van der Waals surface area contributed by atoms with Gasteiger partial charge in [0.15, 0.2) is 0 Å². The zero-order chi connectivity index (χ0) is 16.5. The van der Waals surface area contributed by atoms with Gasteiger partial charge >= 0.3 is 0 Å².